The maximum atomic E-state index is 11.4. The molecule has 214 valence electrons. The molecular weight excluding hydrogens is 526 g/mol. The Balaban J connectivity index is 0. The Morgan fingerprint density at radius 1 is 0.600 bits per heavy atom. The van der Waals surface area contributed by atoms with Gasteiger partial charge in [0.1, 0.15) is 6.54 Å². The molecule has 0 aromatic rings. The predicted molar refractivity (Wildman–Crippen MR) is 123 cm³/mol. The lowest BCUT2D eigenvalue weighted by Gasteiger charge is -2.38. The zero-order valence-electron chi connectivity index (χ0n) is 20.7. The molecule has 1 N–H and O–H groups in total. The van der Waals surface area contributed by atoms with Gasteiger partial charge in [0.05, 0.1) is 26.2 Å². The number of alkyl halides is 6. The topological polar surface area (TPSA) is 103 Å². The van der Waals surface area contributed by atoms with E-state index in [1.165, 1.54) is 88.3 Å². The molecule has 0 aromatic heterocycles. The molecule has 0 rings (SSSR count). The van der Waals surface area contributed by atoms with Gasteiger partial charge in [0.15, 0.2) is 20.0 Å². The third-order valence-corrected chi connectivity index (χ3v) is 8.05. The lowest BCUT2D eigenvalue weighted by atomic mass is 10.1. The third kappa shape index (κ3) is 15.3. The first-order valence-electron chi connectivity index (χ1n) is 11.8. The van der Waals surface area contributed by atoms with Gasteiger partial charge in [-0.2, -0.15) is 26.3 Å². The standard InChI is InChI=1S/C18H40NO.C2F6NO4S2/c1-4-7-10-11-12-13-16-19(17-18-20,14-8-5-2)15-9-6-3;3-1(4,5)14(10,11)9-15(12,13)2(6,7)8/h20H,4-18H2,1-3H3;/q+1;-1. The number of aliphatic hydroxyl groups excluding tert-OH is 1. The van der Waals surface area contributed by atoms with Crippen molar-refractivity contribution in [3.05, 3.63) is 4.13 Å². The summed E-state index contributed by atoms with van der Waals surface area (Å²) < 4.78 is 110. The largest absolute Gasteiger partial charge is 0.480 e. The Bertz CT molecular complexity index is 707. The van der Waals surface area contributed by atoms with Crippen LogP contribution in [-0.2, 0) is 20.0 Å². The smallest absolute Gasteiger partial charge is 0.421 e. The van der Waals surface area contributed by atoms with Crippen molar-refractivity contribution in [3.63, 3.8) is 0 Å². The van der Waals surface area contributed by atoms with Crippen LogP contribution in [0.3, 0.4) is 0 Å². The Kier molecular flexibility index (Phi) is 17.7. The summed E-state index contributed by atoms with van der Waals surface area (Å²) in [7, 11) is -13.4. The van der Waals surface area contributed by atoms with Gasteiger partial charge in [-0.05, 0) is 25.7 Å². The number of sulfonamides is 2. The van der Waals surface area contributed by atoms with Crippen LogP contribution in [0, 0.1) is 0 Å². The lowest BCUT2D eigenvalue weighted by molar-refractivity contribution is -0.929. The Hall–Kier alpha value is -0.640. The number of aliphatic hydroxyl groups is 1. The van der Waals surface area contributed by atoms with Crippen molar-refractivity contribution in [1.29, 1.82) is 0 Å². The zero-order valence-corrected chi connectivity index (χ0v) is 22.3. The molecule has 0 aliphatic heterocycles. The fraction of sp³-hybridized carbons (Fsp3) is 1.00. The second kappa shape index (κ2) is 17.0. The quantitative estimate of drug-likeness (QED) is 0.136. The van der Waals surface area contributed by atoms with E-state index in [1.807, 2.05) is 0 Å². The van der Waals surface area contributed by atoms with Gasteiger partial charge in [-0.3, -0.25) is 0 Å². The normalized spacial score (nSPS) is 13.4. The van der Waals surface area contributed by atoms with Crippen molar-refractivity contribution in [1.82, 2.24) is 0 Å². The molecule has 0 aromatic carbocycles. The SMILES string of the molecule is CCCCCCCC[N+](CCO)(CCCC)CCCC.O=S(=O)([N-]S(=O)(=O)C(F)(F)F)C(F)(F)F. The molecule has 15 heteroatoms. The number of unbranched alkanes of at least 4 members (excludes halogenated alkanes) is 7. The van der Waals surface area contributed by atoms with Crippen molar-refractivity contribution in [3.8, 4) is 0 Å². The molecule has 0 spiro atoms. The van der Waals surface area contributed by atoms with E-state index in [2.05, 4.69) is 20.8 Å². The van der Waals surface area contributed by atoms with Crippen LogP contribution in [0.15, 0.2) is 0 Å². The summed E-state index contributed by atoms with van der Waals surface area (Å²) in [6, 6.07) is 0. The molecule has 0 saturated heterocycles. The van der Waals surface area contributed by atoms with E-state index < -0.39 is 31.1 Å². The van der Waals surface area contributed by atoms with E-state index in [-0.39, 0.29) is 0 Å². The maximum Gasteiger partial charge on any atom is 0.480 e. The molecule has 0 fully saturated rings. The number of halogens is 6. The summed E-state index contributed by atoms with van der Waals surface area (Å²) in [5.74, 6) is 0. The fourth-order valence-electron chi connectivity index (χ4n) is 3.31. The average Bonchev–Trinajstić information content (AvgIpc) is 2.71. The van der Waals surface area contributed by atoms with Crippen LogP contribution >= 0.6 is 0 Å². The summed E-state index contributed by atoms with van der Waals surface area (Å²) in [5.41, 5.74) is -12.4. The van der Waals surface area contributed by atoms with E-state index >= 15 is 0 Å². The second-order valence-electron chi connectivity index (χ2n) is 8.35. The van der Waals surface area contributed by atoms with Gasteiger partial charge in [0, 0.05) is 0 Å². The van der Waals surface area contributed by atoms with Gasteiger partial charge in [-0.15, -0.1) is 0 Å². The highest BCUT2D eigenvalue weighted by molar-refractivity contribution is 8.13. The van der Waals surface area contributed by atoms with Crippen molar-refractivity contribution in [2.45, 2.75) is 96.0 Å². The van der Waals surface area contributed by atoms with Crippen LogP contribution in [-0.4, -0.2) is 70.2 Å². The molecule has 0 atom stereocenters. The maximum absolute atomic E-state index is 11.4. The van der Waals surface area contributed by atoms with Crippen molar-refractivity contribution in [2.75, 3.05) is 32.8 Å². The number of nitrogens with zero attached hydrogens (tertiary/aromatic N) is 2. The minimum Gasteiger partial charge on any atom is -0.421 e. The summed E-state index contributed by atoms with van der Waals surface area (Å²) in [4.78, 5) is 0. The van der Waals surface area contributed by atoms with Gasteiger partial charge in [0.2, 0.25) is 0 Å². The summed E-state index contributed by atoms with van der Waals surface area (Å²) >= 11 is 0. The Morgan fingerprint density at radius 2 is 0.943 bits per heavy atom. The molecule has 0 amide bonds. The highest BCUT2D eigenvalue weighted by Gasteiger charge is 2.46. The second-order valence-corrected chi connectivity index (χ2v) is 11.8. The zero-order chi connectivity index (χ0) is 27.8. The first-order chi connectivity index (χ1) is 15.9. The highest BCUT2D eigenvalue weighted by atomic mass is 32.3. The molecule has 0 radical (unpaired) electrons. The monoisotopic (exact) mass is 566 g/mol. The van der Waals surface area contributed by atoms with E-state index in [1.54, 1.807) is 0 Å². The number of hydrogen-bond donors (Lipinski definition) is 1. The van der Waals surface area contributed by atoms with Gasteiger partial charge in [0.25, 0.3) is 0 Å². The van der Waals surface area contributed by atoms with E-state index in [9.17, 15) is 48.3 Å². The van der Waals surface area contributed by atoms with Crippen LogP contribution in [0.1, 0.15) is 85.0 Å². The Labute approximate surface area is 206 Å². The number of rotatable bonds is 17. The first kappa shape index (κ1) is 36.5. The molecule has 0 bridgehead atoms. The van der Waals surface area contributed by atoms with Crippen molar-refractivity contribution in [2.24, 2.45) is 0 Å². The van der Waals surface area contributed by atoms with Gasteiger partial charge < -0.3 is 13.7 Å². The number of hydrogen-bond acceptors (Lipinski definition) is 5. The van der Waals surface area contributed by atoms with Crippen molar-refractivity contribution >= 4 is 20.0 Å². The Morgan fingerprint density at radius 3 is 1.29 bits per heavy atom. The van der Waals surface area contributed by atoms with Crippen molar-refractivity contribution < 1.29 is 52.8 Å². The molecular formula is C20H40F6N2O5S2. The molecule has 7 nitrogen and oxygen atoms in total. The summed E-state index contributed by atoms with van der Waals surface area (Å²) in [6.07, 6.45) is 13.4. The van der Waals surface area contributed by atoms with Crippen LogP contribution in [0.5, 0.6) is 0 Å². The molecule has 35 heavy (non-hydrogen) atoms. The molecule has 0 aliphatic carbocycles. The summed E-state index contributed by atoms with van der Waals surface area (Å²) in [6.45, 7) is 12.0. The fourth-order valence-corrected chi connectivity index (χ4v) is 5.02. The summed E-state index contributed by atoms with van der Waals surface area (Å²) in [5, 5.41) is 9.46. The van der Waals surface area contributed by atoms with Crippen LogP contribution in [0.25, 0.3) is 4.13 Å². The molecule has 0 heterocycles. The van der Waals surface area contributed by atoms with E-state index in [0.29, 0.717) is 6.61 Å². The van der Waals surface area contributed by atoms with Gasteiger partial charge in [-0.25, -0.2) is 16.8 Å². The molecule has 0 saturated carbocycles. The van der Waals surface area contributed by atoms with Crippen LogP contribution in [0.4, 0.5) is 26.3 Å². The van der Waals surface area contributed by atoms with Gasteiger partial charge >= 0.3 is 11.0 Å². The number of quaternary nitrogens is 1. The molecule has 0 aliphatic rings. The van der Waals surface area contributed by atoms with Crippen LogP contribution in [0.2, 0.25) is 0 Å². The lowest BCUT2D eigenvalue weighted by Crippen LogP contribution is -2.51. The third-order valence-electron chi connectivity index (χ3n) is 5.31. The van der Waals surface area contributed by atoms with E-state index in [0.717, 1.165) is 10.7 Å². The van der Waals surface area contributed by atoms with Gasteiger partial charge in [-0.1, -0.05) is 59.3 Å². The van der Waals surface area contributed by atoms with E-state index in [4.69, 9.17) is 0 Å². The first-order valence-corrected chi connectivity index (χ1v) is 14.7. The minimum absolute atomic E-state index is 0.350. The highest BCUT2D eigenvalue weighted by Crippen LogP contribution is 2.36. The molecule has 0 unspecified atom stereocenters. The minimum atomic E-state index is -6.72. The van der Waals surface area contributed by atoms with Crippen LogP contribution < -0.4 is 0 Å². The average molecular weight is 567 g/mol. The predicted octanol–water partition coefficient (Wildman–Crippen LogP) is 5.82.